The van der Waals surface area contributed by atoms with Gasteiger partial charge >= 0.3 is 0 Å². The van der Waals surface area contributed by atoms with Gasteiger partial charge in [-0.2, -0.15) is 0 Å². The second-order valence-corrected chi connectivity index (χ2v) is 6.47. The standard InChI is InChI=1S/C19H17N3OS/c1-13-6-7-14(2)16(11-13)19(23)22-15-8-10-21-18(12-15)24-17-5-3-4-9-20-17/h3-12H,1-2H3,(H,21,22,23). The normalized spacial score (nSPS) is 10.4. The zero-order valence-electron chi connectivity index (χ0n) is 13.5. The number of anilines is 1. The molecule has 1 aromatic carbocycles. The fourth-order valence-electron chi connectivity index (χ4n) is 2.24. The number of aryl methyl sites for hydroxylation is 2. The van der Waals surface area contributed by atoms with Gasteiger partial charge in [0.05, 0.1) is 0 Å². The number of rotatable bonds is 4. The molecule has 0 radical (unpaired) electrons. The highest BCUT2D eigenvalue weighted by molar-refractivity contribution is 7.99. The molecule has 2 heterocycles. The van der Waals surface area contributed by atoms with Crippen LogP contribution >= 0.6 is 11.8 Å². The molecule has 0 spiro atoms. The third-order valence-electron chi connectivity index (χ3n) is 3.48. The van der Waals surface area contributed by atoms with E-state index in [2.05, 4.69) is 15.3 Å². The van der Waals surface area contributed by atoms with Crippen molar-refractivity contribution in [1.29, 1.82) is 0 Å². The third-order valence-corrected chi connectivity index (χ3v) is 4.36. The second-order valence-electron chi connectivity index (χ2n) is 5.43. The number of aromatic nitrogens is 2. The van der Waals surface area contributed by atoms with Crippen LogP contribution in [-0.4, -0.2) is 15.9 Å². The number of pyridine rings is 2. The molecule has 0 unspecified atom stereocenters. The Morgan fingerprint density at radius 3 is 2.58 bits per heavy atom. The largest absolute Gasteiger partial charge is 0.322 e. The predicted octanol–water partition coefficient (Wildman–Crippen LogP) is 4.50. The first-order valence-corrected chi connectivity index (χ1v) is 8.37. The smallest absolute Gasteiger partial charge is 0.255 e. The Bertz CT molecular complexity index is 865. The van der Waals surface area contributed by atoms with E-state index in [0.29, 0.717) is 11.3 Å². The Labute approximate surface area is 145 Å². The molecule has 0 saturated carbocycles. The Morgan fingerprint density at radius 2 is 1.79 bits per heavy atom. The molecular formula is C19H17N3OS. The zero-order chi connectivity index (χ0) is 16.9. The lowest BCUT2D eigenvalue weighted by atomic mass is 10.1. The van der Waals surface area contributed by atoms with Gasteiger partial charge in [-0.1, -0.05) is 35.5 Å². The average molecular weight is 335 g/mol. The van der Waals surface area contributed by atoms with Gasteiger partial charge in [-0.15, -0.1) is 0 Å². The van der Waals surface area contributed by atoms with Crippen molar-refractivity contribution in [2.75, 3.05) is 5.32 Å². The van der Waals surface area contributed by atoms with E-state index in [4.69, 9.17) is 0 Å². The van der Waals surface area contributed by atoms with E-state index >= 15 is 0 Å². The van der Waals surface area contributed by atoms with E-state index in [1.807, 2.05) is 56.3 Å². The van der Waals surface area contributed by atoms with Crippen LogP contribution in [0.25, 0.3) is 0 Å². The first kappa shape index (κ1) is 16.2. The topological polar surface area (TPSA) is 54.9 Å². The summed E-state index contributed by atoms with van der Waals surface area (Å²) in [6, 6.07) is 15.2. The molecule has 0 aliphatic heterocycles. The van der Waals surface area contributed by atoms with E-state index in [1.165, 1.54) is 11.8 Å². The molecule has 1 N–H and O–H groups in total. The quantitative estimate of drug-likeness (QED) is 0.763. The van der Waals surface area contributed by atoms with Crippen molar-refractivity contribution in [1.82, 2.24) is 9.97 Å². The maximum Gasteiger partial charge on any atom is 0.255 e. The number of amides is 1. The van der Waals surface area contributed by atoms with E-state index in [-0.39, 0.29) is 5.91 Å². The van der Waals surface area contributed by atoms with Crippen LogP contribution in [0.4, 0.5) is 5.69 Å². The van der Waals surface area contributed by atoms with Crippen LogP contribution in [0.5, 0.6) is 0 Å². The zero-order valence-corrected chi connectivity index (χ0v) is 14.3. The number of carbonyl (C=O) groups excluding carboxylic acids is 1. The summed E-state index contributed by atoms with van der Waals surface area (Å²) >= 11 is 1.46. The lowest BCUT2D eigenvalue weighted by Crippen LogP contribution is -2.13. The third kappa shape index (κ3) is 4.00. The van der Waals surface area contributed by atoms with Gasteiger partial charge in [0.1, 0.15) is 10.1 Å². The van der Waals surface area contributed by atoms with Crippen molar-refractivity contribution in [2.24, 2.45) is 0 Å². The van der Waals surface area contributed by atoms with Crippen LogP contribution in [0.2, 0.25) is 0 Å². The van der Waals surface area contributed by atoms with Crippen LogP contribution in [0.3, 0.4) is 0 Å². The van der Waals surface area contributed by atoms with Crippen molar-refractivity contribution >= 4 is 23.4 Å². The van der Waals surface area contributed by atoms with Crippen molar-refractivity contribution in [3.8, 4) is 0 Å². The van der Waals surface area contributed by atoms with Crippen LogP contribution in [-0.2, 0) is 0 Å². The highest BCUT2D eigenvalue weighted by Gasteiger charge is 2.10. The Hall–Kier alpha value is -2.66. The van der Waals surface area contributed by atoms with Crippen LogP contribution in [0.1, 0.15) is 21.5 Å². The molecule has 1 amide bonds. The number of nitrogens with zero attached hydrogens (tertiary/aromatic N) is 2. The summed E-state index contributed by atoms with van der Waals surface area (Å²) in [4.78, 5) is 21.1. The molecule has 0 aliphatic carbocycles. The summed E-state index contributed by atoms with van der Waals surface area (Å²) < 4.78 is 0. The molecule has 0 saturated heterocycles. The molecule has 0 atom stereocenters. The number of hydrogen-bond acceptors (Lipinski definition) is 4. The molecule has 0 bridgehead atoms. The van der Waals surface area contributed by atoms with E-state index < -0.39 is 0 Å². The SMILES string of the molecule is Cc1ccc(C)c(C(=O)Nc2ccnc(Sc3ccccn3)c2)c1. The van der Waals surface area contributed by atoms with E-state index in [1.54, 1.807) is 18.5 Å². The Morgan fingerprint density at radius 1 is 0.958 bits per heavy atom. The molecular weight excluding hydrogens is 318 g/mol. The molecule has 0 fully saturated rings. The Kier molecular flexibility index (Phi) is 4.91. The van der Waals surface area contributed by atoms with Crippen molar-refractivity contribution in [3.05, 3.63) is 77.6 Å². The highest BCUT2D eigenvalue weighted by atomic mass is 32.2. The maximum absolute atomic E-state index is 12.5. The monoisotopic (exact) mass is 335 g/mol. The summed E-state index contributed by atoms with van der Waals surface area (Å²) in [5, 5.41) is 4.59. The van der Waals surface area contributed by atoms with Crippen molar-refractivity contribution in [2.45, 2.75) is 23.9 Å². The molecule has 3 aromatic rings. The van der Waals surface area contributed by atoms with Gasteiger partial charge in [0.25, 0.3) is 5.91 Å². The molecule has 3 rings (SSSR count). The van der Waals surface area contributed by atoms with Gasteiger partial charge in [-0.05, 0) is 49.7 Å². The average Bonchev–Trinajstić information content (AvgIpc) is 2.58. The summed E-state index contributed by atoms with van der Waals surface area (Å²) in [7, 11) is 0. The van der Waals surface area contributed by atoms with Crippen LogP contribution in [0, 0.1) is 13.8 Å². The minimum atomic E-state index is -0.115. The fourth-order valence-corrected chi connectivity index (χ4v) is 3.01. The number of carbonyl (C=O) groups is 1. The number of benzene rings is 1. The van der Waals surface area contributed by atoms with Crippen molar-refractivity contribution < 1.29 is 4.79 Å². The van der Waals surface area contributed by atoms with Crippen LogP contribution in [0.15, 0.2) is 71.0 Å². The number of nitrogens with one attached hydrogen (secondary N) is 1. The summed E-state index contributed by atoms with van der Waals surface area (Å²) in [5.74, 6) is -0.115. The molecule has 2 aromatic heterocycles. The Balaban J connectivity index is 1.77. The summed E-state index contributed by atoms with van der Waals surface area (Å²) in [6.07, 6.45) is 3.43. The molecule has 5 heteroatoms. The number of hydrogen-bond donors (Lipinski definition) is 1. The van der Waals surface area contributed by atoms with Gasteiger partial charge < -0.3 is 5.32 Å². The molecule has 4 nitrogen and oxygen atoms in total. The lowest BCUT2D eigenvalue weighted by molar-refractivity contribution is 0.102. The van der Waals surface area contributed by atoms with Crippen LogP contribution < -0.4 is 5.32 Å². The second kappa shape index (κ2) is 7.27. The minimum Gasteiger partial charge on any atom is -0.322 e. The van der Waals surface area contributed by atoms with Gasteiger partial charge in [0.15, 0.2) is 0 Å². The van der Waals surface area contributed by atoms with Gasteiger partial charge in [0.2, 0.25) is 0 Å². The van der Waals surface area contributed by atoms with Gasteiger partial charge in [-0.3, -0.25) is 4.79 Å². The summed E-state index contributed by atoms with van der Waals surface area (Å²) in [6.45, 7) is 3.91. The molecule has 120 valence electrons. The van der Waals surface area contributed by atoms with E-state index in [9.17, 15) is 4.79 Å². The van der Waals surface area contributed by atoms with Crippen molar-refractivity contribution in [3.63, 3.8) is 0 Å². The van der Waals surface area contributed by atoms with E-state index in [0.717, 1.165) is 21.2 Å². The minimum absolute atomic E-state index is 0.115. The van der Waals surface area contributed by atoms with Gasteiger partial charge in [-0.25, -0.2) is 9.97 Å². The first-order chi connectivity index (χ1) is 11.6. The summed E-state index contributed by atoms with van der Waals surface area (Å²) in [5.41, 5.74) is 3.42. The van der Waals surface area contributed by atoms with Gasteiger partial charge in [0, 0.05) is 23.6 Å². The fraction of sp³-hybridized carbons (Fsp3) is 0.105. The first-order valence-electron chi connectivity index (χ1n) is 7.55. The predicted molar refractivity (Wildman–Crippen MR) is 96.5 cm³/mol. The molecule has 0 aliphatic rings. The highest BCUT2D eigenvalue weighted by Crippen LogP contribution is 2.25. The lowest BCUT2D eigenvalue weighted by Gasteiger charge is -2.09. The molecule has 24 heavy (non-hydrogen) atoms. The maximum atomic E-state index is 12.5.